The topological polar surface area (TPSA) is 93.5 Å². The highest BCUT2D eigenvalue weighted by atomic mass is 79.9. The highest BCUT2D eigenvalue weighted by Crippen LogP contribution is 2.18. The van der Waals surface area contributed by atoms with Crippen molar-refractivity contribution in [3.63, 3.8) is 0 Å². The maximum atomic E-state index is 12.2. The summed E-state index contributed by atoms with van der Waals surface area (Å²) in [5, 5.41) is 8.95. The molecule has 0 unspecified atom stereocenters. The zero-order chi connectivity index (χ0) is 19.2. The van der Waals surface area contributed by atoms with Crippen LogP contribution in [0.2, 0.25) is 0 Å². The Balaban J connectivity index is 1.55. The predicted octanol–water partition coefficient (Wildman–Crippen LogP) is 3.63. The molecule has 0 fully saturated rings. The van der Waals surface area contributed by atoms with Gasteiger partial charge in [0.2, 0.25) is 0 Å². The molecule has 138 valence electrons. The molecule has 3 rings (SSSR count). The molecular weight excluding hydrogens is 414 g/mol. The van der Waals surface area contributed by atoms with Gasteiger partial charge in [0.15, 0.2) is 11.5 Å². The van der Waals surface area contributed by atoms with E-state index in [0.29, 0.717) is 22.8 Å². The van der Waals surface area contributed by atoms with Gasteiger partial charge in [-0.2, -0.15) is 0 Å². The summed E-state index contributed by atoms with van der Waals surface area (Å²) in [6.07, 6.45) is 0. The van der Waals surface area contributed by atoms with Crippen molar-refractivity contribution < 1.29 is 18.8 Å². The fraction of sp³-hybridized carbons (Fsp3) is 0.105. The number of halogens is 1. The molecule has 0 radical (unpaired) electrons. The minimum atomic E-state index is -0.323. The van der Waals surface area contributed by atoms with Crippen molar-refractivity contribution in [1.29, 1.82) is 0 Å². The third kappa shape index (κ3) is 4.95. The van der Waals surface area contributed by atoms with Crippen LogP contribution in [0.25, 0.3) is 0 Å². The number of benzene rings is 2. The van der Waals surface area contributed by atoms with Gasteiger partial charge in [-0.05, 0) is 48.5 Å². The van der Waals surface area contributed by atoms with E-state index >= 15 is 0 Å². The molecule has 0 aliphatic heterocycles. The molecule has 0 aliphatic carbocycles. The number of nitrogens with one attached hydrogen (secondary N) is 2. The fourth-order valence-electron chi connectivity index (χ4n) is 2.21. The van der Waals surface area contributed by atoms with Crippen LogP contribution in [0.15, 0.2) is 63.6 Å². The van der Waals surface area contributed by atoms with Gasteiger partial charge in [-0.3, -0.25) is 9.59 Å². The summed E-state index contributed by atoms with van der Waals surface area (Å²) in [4.78, 5) is 23.6. The average molecular weight is 430 g/mol. The molecule has 2 amide bonds. The second-order valence-corrected chi connectivity index (χ2v) is 6.45. The minimum absolute atomic E-state index is 0.134. The van der Waals surface area contributed by atoms with Crippen molar-refractivity contribution in [3.8, 4) is 5.75 Å². The van der Waals surface area contributed by atoms with E-state index in [4.69, 9.17) is 9.26 Å². The molecule has 2 N–H and O–H groups in total. The number of nitrogens with zero attached hydrogens (tertiary/aromatic N) is 1. The Morgan fingerprint density at radius 2 is 1.78 bits per heavy atom. The normalized spacial score (nSPS) is 10.3. The molecule has 0 saturated carbocycles. The number of aromatic nitrogens is 1. The number of anilines is 1. The van der Waals surface area contributed by atoms with Crippen molar-refractivity contribution in [3.05, 3.63) is 76.1 Å². The van der Waals surface area contributed by atoms with Crippen LogP contribution in [0.5, 0.6) is 5.75 Å². The van der Waals surface area contributed by atoms with Crippen molar-refractivity contribution >= 4 is 33.4 Å². The summed E-state index contributed by atoms with van der Waals surface area (Å²) in [6, 6.07) is 15.6. The molecule has 0 aliphatic rings. The third-order valence-electron chi connectivity index (χ3n) is 3.62. The van der Waals surface area contributed by atoms with Gasteiger partial charge < -0.3 is 19.9 Å². The Morgan fingerprint density at radius 3 is 2.44 bits per heavy atom. The third-order valence-corrected chi connectivity index (χ3v) is 4.15. The lowest BCUT2D eigenvalue weighted by atomic mass is 10.2. The highest BCUT2D eigenvalue weighted by molar-refractivity contribution is 9.10. The Hall–Kier alpha value is -3.13. The predicted molar refractivity (Wildman–Crippen MR) is 103 cm³/mol. The zero-order valence-corrected chi connectivity index (χ0v) is 15.9. The summed E-state index contributed by atoms with van der Waals surface area (Å²) >= 11 is 3.34. The lowest BCUT2D eigenvalue weighted by Gasteiger charge is -2.07. The van der Waals surface area contributed by atoms with Gasteiger partial charge in [-0.1, -0.05) is 21.1 Å². The largest absolute Gasteiger partial charge is 0.486 e. The first-order valence-electron chi connectivity index (χ1n) is 8.02. The second kappa shape index (κ2) is 8.50. The van der Waals surface area contributed by atoms with E-state index in [1.807, 2.05) is 12.1 Å². The van der Waals surface area contributed by atoms with E-state index in [2.05, 4.69) is 31.7 Å². The van der Waals surface area contributed by atoms with Crippen molar-refractivity contribution in [2.24, 2.45) is 0 Å². The van der Waals surface area contributed by atoms with Crippen LogP contribution in [-0.2, 0) is 6.61 Å². The van der Waals surface area contributed by atoms with Gasteiger partial charge in [-0.25, -0.2) is 0 Å². The molecule has 8 heteroatoms. The van der Waals surface area contributed by atoms with Crippen LogP contribution in [-0.4, -0.2) is 24.0 Å². The van der Waals surface area contributed by atoms with Crippen LogP contribution in [0.4, 0.5) is 5.69 Å². The summed E-state index contributed by atoms with van der Waals surface area (Å²) in [6.45, 7) is 0.134. The van der Waals surface area contributed by atoms with E-state index < -0.39 is 0 Å². The van der Waals surface area contributed by atoms with Gasteiger partial charge in [0.25, 0.3) is 11.8 Å². The molecule has 1 aromatic heterocycles. The number of hydrogen-bond acceptors (Lipinski definition) is 5. The molecule has 0 bridgehead atoms. The first-order chi connectivity index (χ1) is 13.0. The maximum absolute atomic E-state index is 12.2. The van der Waals surface area contributed by atoms with Gasteiger partial charge in [0.05, 0.1) is 0 Å². The molecule has 7 nitrogen and oxygen atoms in total. The minimum Gasteiger partial charge on any atom is -0.486 e. The van der Waals surface area contributed by atoms with E-state index in [0.717, 1.165) is 4.47 Å². The van der Waals surface area contributed by atoms with Crippen LogP contribution in [0.3, 0.4) is 0 Å². The van der Waals surface area contributed by atoms with Gasteiger partial charge in [0.1, 0.15) is 12.4 Å². The van der Waals surface area contributed by atoms with Crippen LogP contribution >= 0.6 is 15.9 Å². The fourth-order valence-corrected chi connectivity index (χ4v) is 2.47. The number of rotatable bonds is 6. The van der Waals surface area contributed by atoms with E-state index in [1.165, 1.54) is 13.1 Å². The van der Waals surface area contributed by atoms with Crippen LogP contribution in [0, 0.1) is 0 Å². The maximum Gasteiger partial charge on any atom is 0.273 e. The van der Waals surface area contributed by atoms with Crippen LogP contribution in [0.1, 0.15) is 26.6 Å². The van der Waals surface area contributed by atoms with Gasteiger partial charge in [-0.15, -0.1) is 0 Å². The van der Waals surface area contributed by atoms with Crippen LogP contribution < -0.4 is 15.4 Å². The lowest BCUT2D eigenvalue weighted by Crippen LogP contribution is -2.17. The Labute approximate surface area is 163 Å². The Bertz CT molecular complexity index is 936. The SMILES string of the molecule is CNC(=O)c1cc(COc2ccc(NC(=O)c3ccc(Br)cc3)cc2)on1. The second-order valence-electron chi connectivity index (χ2n) is 5.53. The van der Waals surface area contributed by atoms with Crippen molar-refractivity contribution in [2.45, 2.75) is 6.61 Å². The van der Waals surface area contributed by atoms with E-state index in [9.17, 15) is 9.59 Å². The van der Waals surface area contributed by atoms with Crippen molar-refractivity contribution in [2.75, 3.05) is 12.4 Å². The molecule has 2 aromatic carbocycles. The van der Waals surface area contributed by atoms with E-state index in [1.54, 1.807) is 36.4 Å². The molecular formula is C19H16BrN3O4. The number of ether oxygens (including phenoxy) is 1. The number of carbonyl (C=O) groups excluding carboxylic acids is 2. The molecule has 0 atom stereocenters. The van der Waals surface area contributed by atoms with Gasteiger partial charge in [0, 0.05) is 28.8 Å². The van der Waals surface area contributed by atoms with Crippen molar-refractivity contribution in [1.82, 2.24) is 10.5 Å². The standard InChI is InChI=1S/C19H16BrN3O4/c1-21-19(25)17-10-16(27-23-17)11-26-15-8-6-14(7-9-15)22-18(24)12-2-4-13(20)5-3-12/h2-10H,11H2,1H3,(H,21,25)(H,22,24). The molecule has 0 spiro atoms. The smallest absolute Gasteiger partial charge is 0.273 e. The highest BCUT2D eigenvalue weighted by Gasteiger charge is 2.11. The first-order valence-corrected chi connectivity index (χ1v) is 8.82. The van der Waals surface area contributed by atoms with Gasteiger partial charge >= 0.3 is 0 Å². The molecule has 1 heterocycles. The summed E-state index contributed by atoms with van der Waals surface area (Å²) in [7, 11) is 1.52. The Kier molecular flexibility index (Phi) is 5.87. The molecule has 0 saturated heterocycles. The lowest BCUT2D eigenvalue weighted by molar-refractivity contribution is 0.0953. The monoisotopic (exact) mass is 429 g/mol. The number of hydrogen-bond donors (Lipinski definition) is 2. The molecule has 27 heavy (non-hydrogen) atoms. The summed E-state index contributed by atoms with van der Waals surface area (Å²) in [5.41, 5.74) is 1.41. The molecule has 3 aromatic rings. The quantitative estimate of drug-likeness (QED) is 0.623. The van der Waals surface area contributed by atoms with E-state index in [-0.39, 0.29) is 24.1 Å². The zero-order valence-electron chi connectivity index (χ0n) is 14.4. The average Bonchev–Trinajstić information content (AvgIpc) is 3.16. The number of carbonyl (C=O) groups is 2. The Morgan fingerprint density at radius 1 is 1.07 bits per heavy atom. The summed E-state index contributed by atoms with van der Waals surface area (Å²) < 4.78 is 11.6. The first kappa shape index (κ1) is 18.7. The number of amides is 2. The summed E-state index contributed by atoms with van der Waals surface area (Å²) in [5.74, 6) is 0.506.